The van der Waals surface area contributed by atoms with E-state index in [0.29, 0.717) is 34.1 Å². The van der Waals surface area contributed by atoms with Gasteiger partial charge in [0.1, 0.15) is 17.3 Å². The van der Waals surface area contributed by atoms with Crippen LogP contribution in [0.15, 0.2) is 134 Å². The first kappa shape index (κ1) is 33.2. The largest absolute Gasteiger partial charge is 0.458 e. The molecule has 4 aromatic heterocycles. The van der Waals surface area contributed by atoms with E-state index in [9.17, 15) is 0 Å². The predicted octanol–water partition coefficient (Wildman–Crippen LogP) is 12.4. The minimum Gasteiger partial charge on any atom is -0.458 e. The molecule has 0 radical (unpaired) electrons. The van der Waals surface area contributed by atoms with Crippen LogP contribution in [0, 0.1) is 17.2 Å². The molecule has 8 aromatic rings. The van der Waals surface area contributed by atoms with E-state index < -0.39 is 23.6 Å². The zero-order valence-corrected chi connectivity index (χ0v) is 34.3. The monoisotopic (exact) mass is 755 g/mol. The molecule has 0 saturated carbocycles. The number of hydrogen-bond acceptors (Lipinski definition) is 3. The second-order valence-corrected chi connectivity index (χ2v) is 17.9. The number of benzene rings is 4. The van der Waals surface area contributed by atoms with Gasteiger partial charge in [-0.25, -0.2) is 4.98 Å². The van der Waals surface area contributed by atoms with E-state index in [-0.39, 0.29) is 5.41 Å². The maximum absolute atomic E-state index is 9.08. The Morgan fingerprint density at radius 2 is 1.32 bits per heavy atom. The van der Waals surface area contributed by atoms with Crippen molar-refractivity contribution in [2.24, 2.45) is 10.8 Å². The maximum Gasteiger partial charge on any atom is 0.270 e. The van der Waals surface area contributed by atoms with E-state index in [2.05, 4.69) is 103 Å². The lowest BCUT2D eigenvalue weighted by atomic mass is 9.84. The first-order chi connectivity index (χ1) is 28.6. The second-order valence-electron chi connectivity index (χ2n) is 17.9. The average Bonchev–Trinajstić information content (AvgIpc) is 3.83. The summed E-state index contributed by atoms with van der Waals surface area (Å²) in [4.78, 5) is 9.52. The Balaban J connectivity index is 1.17. The van der Waals surface area contributed by atoms with E-state index in [0.717, 1.165) is 38.8 Å². The van der Waals surface area contributed by atoms with Crippen LogP contribution in [0.4, 0.5) is 0 Å². The molecule has 288 valence electrons. The van der Waals surface area contributed by atoms with Crippen molar-refractivity contribution in [3.8, 4) is 39.9 Å². The van der Waals surface area contributed by atoms with Gasteiger partial charge in [-0.05, 0) is 100 Å². The van der Waals surface area contributed by atoms with E-state index in [4.69, 9.17) is 15.2 Å². The van der Waals surface area contributed by atoms with Crippen LogP contribution >= 0.6 is 0 Å². The van der Waals surface area contributed by atoms with Crippen molar-refractivity contribution in [3.63, 3.8) is 0 Å². The van der Waals surface area contributed by atoms with E-state index >= 15 is 0 Å². The number of rotatable bonds is 8. The summed E-state index contributed by atoms with van der Waals surface area (Å²) in [6.45, 7) is 17.8. The van der Waals surface area contributed by atoms with Gasteiger partial charge >= 0.3 is 0 Å². The Labute approximate surface area is 343 Å². The lowest BCUT2D eigenvalue weighted by Gasteiger charge is -2.22. The summed E-state index contributed by atoms with van der Waals surface area (Å²) in [5, 5.41) is 2.21. The summed E-state index contributed by atoms with van der Waals surface area (Å²) in [7, 11) is 0. The normalized spacial score (nSPS) is 14.0. The molecule has 6 heteroatoms. The van der Waals surface area contributed by atoms with Gasteiger partial charge in [0.25, 0.3) is 6.33 Å². The van der Waals surface area contributed by atoms with Gasteiger partial charge in [0.2, 0.25) is 0 Å². The zero-order chi connectivity index (χ0) is 43.7. The predicted molar refractivity (Wildman–Crippen MR) is 233 cm³/mol. The fourth-order valence-corrected chi connectivity index (χ4v) is 7.21. The van der Waals surface area contributed by atoms with Crippen molar-refractivity contribution in [2.75, 3.05) is 0 Å². The third-order valence-corrected chi connectivity index (χ3v) is 9.70. The van der Waals surface area contributed by atoms with Gasteiger partial charge in [0.15, 0.2) is 5.82 Å². The lowest BCUT2D eigenvalue weighted by Crippen LogP contribution is -2.29. The number of hydrogen-bond donors (Lipinski definition) is 0. The molecule has 0 spiro atoms. The molecule has 4 heterocycles. The van der Waals surface area contributed by atoms with Crippen molar-refractivity contribution in [2.45, 2.75) is 80.5 Å². The fraction of sp³-hybridized carbons (Fsp3) is 0.275. The summed E-state index contributed by atoms with van der Waals surface area (Å²) in [5.74, 6) is 2.64. The second kappa shape index (κ2) is 14.5. The molecule has 0 N–H and O–H groups in total. The van der Waals surface area contributed by atoms with Gasteiger partial charge in [-0.15, -0.1) is 0 Å². The fourth-order valence-electron chi connectivity index (χ4n) is 7.21. The van der Waals surface area contributed by atoms with Crippen LogP contribution in [-0.4, -0.2) is 19.1 Å². The Morgan fingerprint density at radius 3 is 2.02 bits per heavy atom. The minimum atomic E-state index is -1.74. The molecular formula is C51H53N5O. The van der Waals surface area contributed by atoms with Gasteiger partial charge in [0.05, 0.1) is 16.7 Å². The van der Waals surface area contributed by atoms with Crippen LogP contribution in [0.3, 0.4) is 0 Å². The molecule has 4 aromatic carbocycles. The smallest absolute Gasteiger partial charge is 0.270 e. The number of imidazole rings is 1. The highest BCUT2D eigenvalue weighted by atomic mass is 16.5. The van der Waals surface area contributed by atoms with Crippen LogP contribution in [-0.2, 0) is 18.2 Å². The molecule has 0 fully saturated rings. The van der Waals surface area contributed by atoms with Gasteiger partial charge in [-0.1, -0.05) is 116 Å². The van der Waals surface area contributed by atoms with Crippen molar-refractivity contribution in [3.05, 3.63) is 157 Å². The molecule has 0 unspecified atom stereocenters. The SMILES string of the molecule is [2H]C([2H])(c1cc(-[n+]2[c-]n(-c3cc(Oc4ccc5c6cc(-c7ccccc7)ccc6n(-c6cc(C(C)(C)C)ccn6)c5c4)ccn3)cc2)cc(C([2H])([2H])C(C)(C)C)c1)C(C)(C)C. The van der Waals surface area contributed by atoms with Gasteiger partial charge < -0.3 is 4.74 Å². The quantitative estimate of drug-likeness (QED) is 0.115. The number of ether oxygens (including phenoxy) is 1. The lowest BCUT2D eigenvalue weighted by molar-refractivity contribution is -0.599. The summed E-state index contributed by atoms with van der Waals surface area (Å²) < 4.78 is 48.6. The summed E-state index contributed by atoms with van der Waals surface area (Å²) in [5.41, 5.74) is 5.40. The highest BCUT2D eigenvalue weighted by molar-refractivity contribution is 6.10. The van der Waals surface area contributed by atoms with Crippen LogP contribution in [0.5, 0.6) is 11.5 Å². The summed E-state index contributed by atoms with van der Waals surface area (Å²) in [6.07, 6.45) is 7.07. The molecule has 0 aliphatic carbocycles. The molecule has 0 atom stereocenters. The third kappa shape index (κ3) is 8.41. The highest BCUT2D eigenvalue weighted by Crippen LogP contribution is 2.38. The maximum atomic E-state index is 9.08. The Bertz CT molecular complexity index is 2870. The van der Waals surface area contributed by atoms with Crippen molar-refractivity contribution in [1.82, 2.24) is 19.1 Å². The topological polar surface area (TPSA) is 48.8 Å². The minimum absolute atomic E-state index is 0.0578. The molecule has 0 aliphatic rings. The van der Waals surface area contributed by atoms with Crippen LogP contribution in [0.2, 0.25) is 0 Å². The molecule has 57 heavy (non-hydrogen) atoms. The molecule has 0 saturated heterocycles. The first-order valence-corrected chi connectivity index (χ1v) is 19.6. The van der Waals surface area contributed by atoms with Crippen LogP contribution in [0.25, 0.3) is 50.3 Å². The molecular weight excluding hydrogens is 699 g/mol. The van der Waals surface area contributed by atoms with Crippen molar-refractivity contribution >= 4 is 21.8 Å². The summed E-state index contributed by atoms with van der Waals surface area (Å²) >= 11 is 0. The van der Waals surface area contributed by atoms with Crippen LogP contribution in [0.1, 0.15) is 84.5 Å². The van der Waals surface area contributed by atoms with Crippen LogP contribution < -0.4 is 9.30 Å². The summed E-state index contributed by atoms with van der Waals surface area (Å²) in [6, 6.07) is 36.4. The van der Waals surface area contributed by atoms with Gasteiger partial charge in [-0.3, -0.25) is 18.7 Å². The molecule has 6 nitrogen and oxygen atoms in total. The van der Waals surface area contributed by atoms with Crippen molar-refractivity contribution in [1.29, 1.82) is 0 Å². The standard InChI is InChI=1S/C51H53N5O/c1-49(2,3)32-35-25-36(33-50(4,5)6)27-40(26-35)54-23-24-55(34-54)47-31-42(20-22-52-47)57-41-16-17-43-44-28-38(37-13-11-10-12-14-37)15-18-45(44)56(46(43)30-41)48-29-39(19-21-53-48)51(7,8)9/h10-31H,32-33H2,1-9H3/i32D2,33D2. The highest BCUT2D eigenvalue weighted by Gasteiger charge is 2.20. The van der Waals surface area contributed by atoms with Gasteiger partial charge in [0, 0.05) is 53.2 Å². The van der Waals surface area contributed by atoms with Crippen molar-refractivity contribution < 1.29 is 14.8 Å². The Morgan fingerprint density at radius 1 is 0.632 bits per heavy atom. The van der Waals surface area contributed by atoms with E-state index in [1.807, 2.05) is 84.4 Å². The Hall–Kier alpha value is -6.01. The third-order valence-electron chi connectivity index (χ3n) is 9.70. The number of nitrogens with zero attached hydrogens (tertiary/aromatic N) is 5. The molecule has 0 bridgehead atoms. The molecule has 8 rings (SSSR count). The zero-order valence-electron chi connectivity index (χ0n) is 38.3. The average molecular weight is 756 g/mol. The molecule has 0 aliphatic heterocycles. The number of pyridine rings is 2. The van der Waals surface area contributed by atoms with E-state index in [1.165, 1.54) is 5.56 Å². The first-order valence-electron chi connectivity index (χ1n) is 21.6. The van der Waals surface area contributed by atoms with E-state index in [1.54, 1.807) is 33.5 Å². The molecule has 0 amide bonds. The number of aromatic nitrogens is 5. The Kier molecular flexibility index (Phi) is 8.43. The van der Waals surface area contributed by atoms with Gasteiger partial charge in [-0.2, -0.15) is 0 Å². The number of fused-ring (bicyclic) bond motifs is 3.